The van der Waals surface area contributed by atoms with Crippen molar-refractivity contribution in [2.45, 2.75) is 27.3 Å². The third-order valence-corrected chi connectivity index (χ3v) is 3.57. The maximum atomic E-state index is 11.9. The van der Waals surface area contributed by atoms with Gasteiger partial charge in [0.2, 0.25) is 0 Å². The SMILES string of the molecule is Cc1cc(C)c(Cn2cncc(Br)c2=O)c(C)c1. The van der Waals surface area contributed by atoms with E-state index in [1.165, 1.54) is 28.5 Å². The number of halogens is 1. The van der Waals surface area contributed by atoms with Crippen LogP contribution in [0.4, 0.5) is 0 Å². The number of aromatic nitrogens is 2. The number of benzene rings is 1. The molecule has 0 aliphatic heterocycles. The fraction of sp³-hybridized carbons (Fsp3) is 0.286. The van der Waals surface area contributed by atoms with Crippen molar-refractivity contribution in [3.05, 3.63) is 61.7 Å². The zero-order valence-corrected chi connectivity index (χ0v) is 12.3. The van der Waals surface area contributed by atoms with E-state index < -0.39 is 0 Å². The van der Waals surface area contributed by atoms with Crippen LogP contribution in [0, 0.1) is 20.8 Å². The maximum Gasteiger partial charge on any atom is 0.267 e. The fourth-order valence-electron chi connectivity index (χ4n) is 2.17. The summed E-state index contributed by atoms with van der Waals surface area (Å²) in [6.07, 6.45) is 3.10. The Morgan fingerprint density at radius 2 is 1.83 bits per heavy atom. The highest BCUT2D eigenvalue weighted by atomic mass is 79.9. The minimum atomic E-state index is -0.0515. The van der Waals surface area contributed by atoms with Crippen molar-refractivity contribution in [1.82, 2.24) is 9.55 Å². The maximum absolute atomic E-state index is 11.9. The number of nitrogens with zero attached hydrogens (tertiary/aromatic N) is 2. The summed E-state index contributed by atoms with van der Waals surface area (Å²) in [5.41, 5.74) is 4.79. The van der Waals surface area contributed by atoms with Gasteiger partial charge in [-0.1, -0.05) is 17.7 Å². The van der Waals surface area contributed by atoms with Gasteiger partial charge in [-0.05, 0) is 53.4 Å². The van der Waals surface area contributed by atoms with Crippen LogP contribution >= 0.6 is 15.9 Å². The lowest BCUT2D eigenvalue weighted by atomic mass is 10.00. The molecular weight excluding hydrogens is 292 g/mol. The largest absolute Gasteiger partial charge is 0.294 e. The molecule has 4 heteroatoms. The van der Waals surface area contributed by atoms with Crippen molar-refractivity contribution in [3.8, 4) is 0 Å². The topological polar surface area (TPSA) is 34.9 Å². The average Bonchev–Trinajstić information content (AvgIpc) is 2.28. The van der Waals surface area contributed by atoms with Gasteiger partial charge in [0, 0.05) is 6.20 Å². The van der Waals surface area contributed by atoms with E-state index in [0.29, 0.717) is 11.0 Å². The quantitative estimate of drug-likeness (QED) is 0.855. The van der Waals surface area contributed by atoms with Gasteiger partial charge in [0.15, 0.2) is 0 Å². The zero-order chi connectivity index (χ0) is 13.3. The van der Waals surface area contributed by atoms with Crippen LogP contribution in [-0.4, -0.2) is 9.55 Å². The van der Waals surface area contributed by atoms with Crippen molar-refractivity contribution in [2.24, 2.45) is 0 Å². The van der Waals surface area contributed by atoms with Gasteiger partial charge in [0.1, 0.15) is 4.47 Å². The molecule has 0 aliphatic carbocycles. The Balaban J connectivity index is 2.47. The average molecular weight is 307 g/mol. The molecule has 2 aromatic rings. The van der Waals surface area contributed by atoms with Gasteiger partial charge >= 0.3 is 0 Å². The summed E-state index contributed by atoms with van der Waals surface area (Å²) in [5.74, 6) is 0. The first-order valence-electron chi connectivity index (χ1n) is 5.75. The first kappa shape index (κ1) is 13.0. The molecule has 1 heterocycles. The summed E-state index contributed by atoms with van der Waals surface area (Å²) in [4.78, 5) is 16.0. The number of hydrogen-bond donors (Lipinski definition) is 0. The molecule has 0 spiro atoms. The van der Waals surface area contributed by atoms with Crippen LogP contribution in [0.5, 0.6) is 0 Å². The van der Waals surface area contributed by atoms with Crippen LogP contribution in [0.2, 0.25) is 0 Å². The zero-order valence-electron chi connectivity index (χ0n) is 10.7. The summed E-state index contributed by atoms with van der Waals surface area (Å²) in [7, 11) is 0. The van der Waals surface area contributed by atoms with Crippen molar-refractivity contribution >= 4 is 15.9 Å². The predicted octanol–water partition coefficient (Wildman–Crippen LogP) is 2.98. The monoisotopic (exact) mass is 306 g/mol. The molecule has 0 atom stereocenters. The molecule has 0 saturated heterocycles. The van der Waals surface area contributed by atoms with Gasteiger partial charge in [-0.25, -0.2) is 4.98 Å². The van der Waals surface area contributed by atoms with E-state index in [9.17, 15) is 4.79 Å². The summed E-state index contributed by atoms with van der Waals surface area (Å²) >= 11 is 3.21. The lowest BCUT2D eigenvalue weighted by molar-refractivity contribution is 0.723. The summed E-state index contributed by atoms with van der Waals surface area (Å²) in [6, 6.07) is 4.28. The van der Waals surface area contributed by atoms with E-state index in [-0.39, 0.29) is 5.56 Å². The Morgan fingerprint density at radius 3 is 2.44 bits per heavy atom. The lowest BCUT2D eigenvalue weighted by Gasteiger charge is -2.12. The van der Waals surface area contributed by atoms with E-state index in [0.717, 1.165) is 0 Å². The van der Waals surface area contributed by atoms with Gasteiger partial charge in [0.25, 0.3) is 5.56 Å². The minimum absolute atomic E-state index is 0.0515. The third-order valence-electron chi connectivity index (χ3n) is 3.03. The van der Waals surface area contributed by atoms with Gasteiger partial charge in [-0.3, -0.25) is 9.36 Å². The Hall–Kier alpha value is -1.42. The van der Waals surface area contributed by atoms with Gasteiger partial charge in [0.05, 0.1) is 12.9 Å². The molecule has 0 unspecified atom stereocenters. The standard InChI is InChI=1S/C14H15BrN2O/c1-9-4-10(2)12(11(3)5-9)7-17-8-16-6-13(15)14(17)18/h4-6,8H,7H2,1-3H3. The highest BCUT2D eigenvalue weighted by Crippen LogP contribution is 2.17. The Morgan fingerprint density at radius 1 is 1.22 bits per heavy atom. The number of rotatable bonds is 2. The molecule has 0 saturated carbocycles. The second-order valence-electron chi connectivity index (χ2n) is 4.55. The Kier molecular flexibility index (Phi) is 3.66. The first-order valence-corrected chi connectivity index (χ1v) is 6.55. The molecule has 0 N–H and O–H groups in total. The molecule has 2 rings (SSSR count). The molecule has 0 amide bonds. The van der Waals surface area contributed by atoms with E-state index in [2.05, 4.69) is 53.8 Å². The summed E-state index contributed by atoms with van der Waals surface area (Å²) < 4.78 is 2.11. The Labute approximate surface area is 115 Å². The highest BCUT2D eigenvalue weighted by molar-refractivity contribution is 9.10. The van der Waals surface area contributed by atoms with Crippen LogP contribution in [0.25, 0.3) is 0 Å². The molecule has 0 radical (unpaired) electrons. The highest BCUT2D eigenvalue weighted by Gasteiger charge is 2.07. The van der Waals surface area contributed by atoms with Crippen LogP contribution < -0.4 is 5.56 Å². The molecular formula is C14H15BrN2O. The summed E-state index contributed by atoms with van der Waals surface area (Å²) in [5, 5.41) is 0. The number of aryl methyl sites for hydroxylation is 3. The van der Waals surface area contributed by atoms with Crippen LogP contribution in [0.15, 0.2) is 33.9 Å². The predicted molar refractivity (Wildman–Crippen MR) is 76.0 cm³/mol. The normalized spacial score (nSPS) is 10.7. The summed E-state index contributed by atoms with van der Waals surface area (Å²) in [6.45, 7) is 6.79. The van der Waals surface area contributed by atoms with E-state index in [1.54, 1.807) is 10.9 Å². The first-order chi connectivity index (χ1) is 8.49. The molecule has 1 aromatic heterocycles. The number of hydrogen-bond acceptors (Lipinski definition) is 2. The van der Waals surface area contributed by atoms with Crippen molar-refractivity contribution in [1.29, 1.82) is 0 Å². The third kappa shape index (κ3) is 2.53. The van der Waals surface area contributed by atoms with Crippen molar-refractivity contribution < 1.29 is 0 Å². The van der Waals surface area contributed by atoms with Crippen LogP contribution in [-0.2, 0) is 6.54 Å². The van der Waals surface area contributed by atoms with Crippen molar-refractivity contribution in [2.75, 3.05) is 0 Å². The minimum Gasteiger partial charge on any atom is -0.294 e. The van der Waals surface area contributed by atoms with Crippen molar-refractivity contribution in [3.63, 3.8) is 0 Å². The molecule has 1 aromatic carbocycles. The molecule has 94 valence electrons. The molecule has 0 aliphatic rings. The van der Waals surface area contributed by atoms with E-state index in [1.807, 2.05) is 0 Å². The second kappa shape index (κ2) is 5.06. The molecule has 3 nitrogen and oxygen atoms in total. The fourth-order valence-corrected chi connectivity index (χ4v) is 2.51. The molecule has 0 fully saturated rings. The van der Waals surface area contributed by atoms with E-state index in [4.69, 9.17) is 0 Å². The van der Waals surface area contributed by atoms with Gasteiger partial charge in [-0.15, -0.1) is 0 Å². The van der Waals surface area contributed by atoms with Gasteiger partial charge in [-0.2, -0.15) is 0 Å². The molecule has 0 bridgehead atoms. The Bertz CT molecular complexity index is 623. The van der Waals surface area contributed by atoms with Crippen LogP contribution in [0.1, 0.15) is 22.3 Å². The van der Waals surface area contributed by atoms with Crippen LogP contribution in [0.3, 0.4) is 0 Å². The molecule has 18 heavy (non-hydrogen) atoms. The lowest BCUT2D eigenvalue weighted by Crippen LogP contribution is -2.22. The van der Waals surface area contributed by atoms with E-state index >= 15 is 0 Å². The smallest absolute Gasteiger partial charge is 0.267 e. The second-order valence-corrected chi connectivity index (χ2v) is 5.41. The van der Waals surface area contributed by atoms with Gasteiger partial charge < -0.3 is 0 Å².